The van der Waals surface area contributed by atoms with Crippen molar-refractivity contribution in [1.29, 1.82) is 0 Å². The number of fused-ring (bicyclic) bond motifs is 2. The molecule has 0 unspecified atom stereocenters. The van der Waals surface area contributed by atoms with E-state index in [2.05, 4.69) is 10.2 Å². The first-order valence-corrected chi connectivity index (χ1v) is 7.60. The molecular formula is C14H19N3O2S. The van der Waals surface area contributed by atoms with E-state index in [9.17, 15) is 9.59 Å². The Bertz CT molecular complexity index is 593. The Kier molecular flexibility index (Phi) is 3.10. The minimum atomic E-state index is -0.339. The van der Waals surface area contributed by atoms with Crippen LogP contribution in [0.4, 0.5) is 5.00 Å². The molecule has 0 bridgehead atoms. The van der Waals surface area contributed by atoms with E-state index in [1.807, 2.05) is 27.9 Å². The largest absolute Gasteiger partial charge is 0.325 e. The van der Waals surface area contributed by atoms with E-state index in [0.717, 1.165) is 10.4 Å². The van der Waals surface area contributed by atoms with Crippen molar-refractivity contribution in [2.45, 2.75) is 32.4 Å². The number of rotatable bonds is 1. The maximum absolute atomic E-state index is 12.8. The summed E-state index contributed by atoms with van der Waals surface area (Å²) in [5.41, 5.74) is 1.67. The Morgan fingerprint density at radius 3 is 2.65 bits per heavy atom. The lowest BCUT2D eigenvalue weighted by Gasteiger charge is -2.21. The van der Waals surface area contributed by atoms with E-state index in [4.69, 9.17) is 0 Å². The Labute approximate surface area is 122 Å². The van der Waals surface area contributed by atoms with Crippen molar-refractivity contribution >= 4 is 28.2 Å². The van der Waals surface area contributed by atoms with E-state index in [-0.39, 0.29) is 23.9 Å². The zero-order chi connectivity index (χ0) is 14.6. The molecule has 1 fully saturated rings. The molecule has 0 spiro atoms. The summed E-state index contributed by atoms with van der Waals surface area (Å²) >= 11 is 1.49. The van der Waals surface area contributed by atoms with Gasteiger partial charge in [-0.05, 0) is 39.9 Å². The molecule has 1 aromatic rings. The smallest absolute Gasteiger partial charge is 0.257 e. The number of carbonyl (C=O) groups excluding carboxylic acids is 2. The Hall–Kier alpha value is -1.40. The second kappa shape index (κ2) is 4.56. The van der Waals surface area contributed by atoms with Crippen molar-refractivity contribution in [1.82, 2.24) is 9.80 Å². The highest BCUT2D eigenvalue weighted by Gasteiger charge is 2.44. The molecule has 5 nitrogen and oxygen atoms in total. The van der Waals surface area contributed by atoms with Crippen molar-refractivity contribution < 1.29 is 9.59 Å². The van der Waals surface area contributed by atoms with E-state index >= 15 is 0 Å². The molecule has 0 saturated carbocycles. The first-order chi connectivity index (χ1) is 9.40. The second-order valence-corrected chi connectivity index (χ2v) is 7.03. The highest BCUT2D eigenvalue weighted by molar-refractivity contribution is 7.16. The van der Waals surface area contributed by atoms with Crippen molar-refractivity contribution in [3.05, 3.63) is 16.0 Å². The van der Waals surface area contributed by atoms with Crippen molar-refractivity contribution in [3.63, 3.8) is 0 Å². The van der Waals surface area contributed by atoms with Crippen LogP contribution in [0.3, 0.4) is 0 Å². The number of carbonyl (C=O) groups is 2. The Morgan fingerprint density at radius 2 is 2.00 bits per heavy atom. The SMILES string of the molecule is Cc1sc2c(c1C)C(=O)N1C[C@H](N(C)C)C[C@H]1C(=O)N2. The van der Waals surface area contributed by atoms with Crippen molar-refractivity contribution in [2.75, 3.05) is 26.0 Å². The maximum Gasteiger partial charge on any atom is 0.257 e. The second-order valence-electron chi connectivity index (χ2n) is 5.80. The van der Waals surface area contributed by atoms with Gasteiger partial charge in [0, 0.05) is 17.5 Å². The molecule has 3 rings (SSSR count). The fraction of sp³-hybridized carbons (Fsp3) is 0.571. The summed E-state index contributed by atoms with van der Waals surface area (Å²) in [5, 5.41) is 3.66. The monoisotopic (exact) mass is 293 g/mol. The van der Waals surface area contributed by atoms with Crippen LogP contribution in [0.15, 0.2) is 0 Å². The highest BCUT2D eigenvalue weighted by Crippen LogP contribution is 2.38. The number of hydrogen-bond donors (Lipinski definition) is 1. The van der Waals surface area contributed by atoms with Gasteiger partial charge in [0.1, 0.15) is 11.0 Å². The number of hydrogen-bond acceptors (Lipinski definition) is 4. The van der Waals surface area contributed by atoms with Gasteiger partial charge in [-0.3, -0.25) is 9.59 Å². The molecule has 0 aromatic carbocycles. The average Bonchev–Trinajstić information content (AvgIpc) is 2.90. The zero-order valence-electron chi connectivity index (χ0n) is 12.2. The normalized spacial score (nSPS) is 25.6. The molecule has 0 aliphatic carbocycles. The molecule has 6 heteroatoms. The molecule has 20 heavy (non-hydrogen) atoms. The highest BCUT2D eigenvalue weighted by atomic mass is 32.1. The molecular weight excluding hydrogens is 274 g/mol. The van der Waals surface area contributed by atoms with Crippen LogP contribution >= 0.6 is 11.3 Å². The fourth-order valence-electron chi connectivity index (χ4n) is 2.97. The number of nitrogens with one attached hydrogen (secondary N) is 1. The number of likely N-dealkylation sites (N-methyl/N-ethyl adjacent to an activating group) is 1. The first kappa shape index (κ1) is 13.6. The third kappa shape index (κ3) is 1.86. The topological polar surface area (TPSA) is 52.7 Å². The van der Waals surface area contributed by atoms with Gasteiger partial charge in [-0.2, -0.15) is 0 Å². The zero-order valence-corrected chi connectivity index (χ0v) is 13.0. The van der Waals surface area contributed by atoms with E-state index in [1.54, 1.807) is 4.90 Å². The fourth-order valence-corrected chi connectivity index (χ4v) is 4.03. The van der Waals surface area contributed by atoms with Crippen LogP contribution < -0.4 is 5.32 Å². The predicted molar refractivity (Wildman–Crippen MR) is 79.3 cm³/mol. The summed E-state index contributed by atoms with van der Waals surface area (Å²) in [7, 11) is 3.98. The molecule has 2 aliphatic heterocycles. The first-order valence-electron chi connectivity index (χ1n) is 6.78. The van der Waals surface area contributed by atoms with Crippen LogP contribution in [0, 0.1) is 13.8 Å². The summed E-state index contributed by atoms with van der Waals surface area (Å²) in [6.45, 7) is 4.56. The summed E-state index contributed by atoms with van der Waals surface area (Å²) in [6.07, 6.45) is 0.706. The van der Waals surface area contributed by atoms with Crippen molar-refractivity contribution in [2.24, 2.45) is 0 Å². The van der Waals surface area contributed by atoms with Gasteiger partial charge >= 0.3 is 0 Å². The van der Waals surface area contributed by atoms with Crippen LogP contribution in [-0.4, -0.2) is 54.3 Å². The van der Waals surface area contributed by atoms with Gasteiger partial charge in [-0.1, -0.05) is 0 Å². The summed E-state index contributed by atoms with van der Waals surface area (Å²) in [5.74, 6) is -0.0581. The molecule has 2 atom stereocenters. The van der Waals surface area contributed by atoms with Gasteiger partial charge in [0.2, 0.25) is 5.91 Å². The number of amides is 2. The lowest BCUT2D eigenvalue weighted by molar-refractivity contribution is -0.119. The van der Waals surface area contributed by atoms with Crippen LogP contribution in [-0.2, 0) is 4.79 Å². The van der Waals surface area contributed by atoms with E-state index in [1.165, 1.54) is 11.3 Å². The molecule has 1 saturated heterocycles. The average molecular weight is 293 g/mol. The van der Waals surface area contributed by atoms with E-state index < -0.39 is 0 Å². The minimum absolute atomic E-state index is 0.00505. The Balaban J connectivity index is 2.03. The van der Waals surface area contributed by atoms with Gasteiger partial charge in [0.05, 0.1) is 5.56 Å². The number of anilines is 1. The Morgan fingerprint density at radius 1 is 1.30 bits per heavy atom. The van der Waals surface area contributed by atoms with Crippen LogP contribution in [0.2, 0.25) is 0 Å². The molecule has 2 aliphatic rings. The van der Waals surface area contributed by atoms with Crippen LogP contribution in [0.25, 0.3) is 0 Å². The van der Waals surface area contributed by atoms with Gasteiger partial charge in [-0.15, -0.1) is 11.3 Å². The van der Waals surface area contributed by atoms with Gasteiger partial charge < -0.3 is 15.1 Å². The number of nitrogens with zero attached hydrogens (tertiary/aromatic N) is 2. The van der Waals surface area contributed by atoms with Crippen molar-refractivity contribution in [3.8, 4) is 0 Å². The molecule has 1 aromatic heterocycles. The quantitative estimate of drug-likeness (QED) is 0.853. The van der Waals surface area contributed by atoms with E-state index in [0.29, 0.717) is 23.5 Å². The van der Waals surface area contributed by atoms with Gasteiger partial charge in [0.25, 0.3) is 5.91 Å². The maximum atomic E-state index is 12.8. The summed E-state index contributed by atoms with van der Waals surface area (Å²) in [6, 6.07) is -0.0921. The lowest BCUT2D eigenvalue weighted by atomic mass is 10.1. The molecule has 1 N–H and O–H groups in total. The molecule has 2 amide bonds. The number of aryl methyl sites for hydroxylation is 1. The molecule has 108 valence electrons. The lowest BCUT2D eigenvalue weighted by Crippen LogP contribution is -2.40. The summed E-state index contributed by atoms with van der Waals surface area (Å²) in [4.78, 5) is 30.1. The minimum Gasteiger partial charge on any atom is -0.325 e. The third-order valence-corrected chi connectivity index (χ3v) is 5.53. The standard InChI is InChI=1S/C14H19N3O2S/c1-7-8(2)20-13-11(7)14(19)17-6-9(16(3)4)5-10(17)12(18)15-13/h9-10H,5-6H2,1-4H3,(H,15,18)/t9-,10+/m1/s1. The predicted octanol–water partition coefficient (Wildman–Crippen LogP) is 1.46. The van der Waals surface area contributed by atoms with Gasteiger partial charge in [-0.25, -0.2) is 0 Å². The summed E-state index contributed by atoms with van der Waals surface area (Å²) < 4.78 is 0. The van der Waals surface area contributed by atoms with Crippen LogP contribution in [0.5, 0.6) is 0 Å². The number of thiophene rings is 1. The molecule has 3 heterocycles. The van der Waals surface area contributed by atoms with Crippen LogP contribution in [0.1, 0.15) is 27.2 Å². The third-order valence-electron chi connectivity index (χ3n) is 4.41. The van der Waals surface area contributed by atoms with Gasteiger partial charge in [0.15, 0.2) is 0 Å². The molecule has 0 radical (unpaired) electrons.